The molecule has 2 aromatic heterocycles. The van der Waals surface area contributed by atoms with Crippen LogP contribution >= 0.6 is 0 Å². The Kier molecular flexibility index (Phi) is 2.73. The van der Waals surface area contributed by atoms with Gasteiger partial charge in [-0.25, -0.2) is 4.98 Å². The molecule has 80 valence electrons. The van der Waals surface area contributed by atoms with Crippen LogP contribution < -0.4 is 5.32 Å². The molecule has 0 amide bonds. The predicted octanol–water partition coefficient (Wildman–Crippen LogP) is 2.13. The Morgan fingerprint density at radius 2 is 2.19 bits per heavy atom. The molecule has 0 aliphatic rings. The Hall–Kier alpha value is -2.50. The van der Waals surface area contributed by atoms with Crippen molar-refractivity contribution >= 4 is 17.2 Å². The summed E-state index contributed by atoms with van der Waals surface area (Å²) in [6, 6.07) is 6.27. The normalized spacial score (nSPS) is 9.75. The largest absolute Gasteiger partial charge is 0.339 e. The molecule has 0 bridgehead atoms. The summed E-state index contributed by atoms with van der Waals surface area (Å²) in [5.41, 5.74) is 0.733. The van der Waals surface area contributed by atoms with Crippen molar-refractivity contribution in [3.8, 4) is 0 Å². The molecule has 0 aromatic carbocycles. The first-order chi connectivity index (χ1) is 7.75. The van der Waals surface area contributed by atoms with Gasteiger partial charge in [-0.1, -0.05) is 0 Å². The monoisotopic (exact) mass is 216 g/mol. The molecule has 0 unspecified atom stereocenters. The Morgan fingerprint density at radius 3 is 2.88 bits per heavy atom. The maximum absolute atomic E-state index is 10.5. The fourth-order valence-corrected chi connectivity index (χ4v) is 1.19. The van der Waals surface area contributed by atoms with Crippen molar-refractivity contribution in [1.29, 1.82) is 0 Å². The van der Waals surface area contributed by atoms with Gasteiger partial charge in [0.15, 0.2) is 0 Å². The minimum Gasteiger partial charge on any atom is -0.339 e. The van der Waals surface area contributed by atoms with E-state index in [1.165, 1.54) is 18.3 Å². The summed E-state index contributed by atoms with van der Waals surface area (Å²) in [6.07, 6.45) is 4.64. The highest BCUT2D eigenvalue weighted by molar-refractivity contribution is 5.56. The third kappa shape index (κ3) is 2.30. The average Bonchev–Trinajstić information content (AvgIpc) is 2.30. The average molecular weight is 216 g/mol. The summed E-state index contributed by atoms with van der Waals surface area (Å²) < 4.78 is 0. The molecule has 16 heavy (non-hydrogen) atoms. The Labute approximate surface area is 91.1 Å². The van der Waals surface area contributed by atoms with Gasteiger partial charge in [0.25, 0.3) is 5.69 Å². The van der Waals surface area contributed by atoms with Crippen molar-refractivity contribution in [3.63, 3.8) is 0 Å². The van der Waals surface area contributed by atoms with Gasteiger partial charge in [-0.05, 0) is 12.1 Å². The van der Waals surface area contributed by atoms with Gasteiger partial charge < -0.3 is 5.32 Å². The van der Waals surface area contributed by atoms with Crippen LogP contribution in [-0.4, -0.2) is 14.9 Å². The zero-order valence-corrected chi connectivity index (χ0v) is 8.20. The molecule has 6 heteroatoms. The van der Waals surface area contributed by atoms with Crippen LogP contribution in [-0.2, 0) is 0 Å². The first-order valence-electron chi connectivity index (χ1n) is 4.53. The number of nitro groups is 1. The highest BCUT2D eigenvalue weighted by atomic mass is 16.6. The molecule has 0 spiro atoms. The van der Waals surface area contributed by atoms with Gasteiger partial charge in [-0.2, -0.15) is 0 Å². The van der Waals surface area contributed by atoms with Crippen LogP contribution in [0.2, 0.25) is 0 Å². The topological polar surface area (TPSA) is 81.0 Å². The fourth-order valence-electron chi connectivity index (χ4n) is 1.19. The summed E-state index contributed by atoms with van der Waals surface area (Å²) in [4.78, 5) is 18.0. The van der Waals surface area contributed by atoms with Gasteiger partial charge in [-0.15, -0.1) is 0 Å². The van der Waals surface area contributed by atoms with Crippen molar-refractivity contribution in [2.75, 3.05) is 5.32 Å². The van der Waals surface area contributed by atoms with Crippen molar-refractivity contribution in [1.82, 2.24) is 9.97 Å². The van der Waals surface area contributed by atoms with Crippen molar-refractivity contribution in [2.24, 2.45) is 0 Å². The van der Waals surface area contributed by atoms with E-state index < -0.39 is 4.92 Å². The molecule has 2 heterocycles. The van der Waals surface area contributed by atoms with Crippen LogP contribution in [0.5, 0.6) is 0 Å². The lowest BCUT2D eigenvalue weighted by Gasteiger charge is -2.03. The van der Waals surface area contributed by atoms with Gasteiger partial charge in [0, 0.05) is 18.5 Å². The van der Waals surface area contributed by atoms with Crippen LogP contribution in [0.15, 0.2) is 42.9 Å². The highest BCUT2D eigenvalue weighted by Crippen LogP contribution is 2.17. The SMILES string of the molecule is O=[N+]([O-])c1ccnc(Nc2cccnc2)c1. The maximum Gasteiger partial charge on any atom is 0.274 e. The lowest BCUT2D eigenvalue weighted by molar-refractivity contribution is -0.384. The lowest BCUT2D eigenvalue weighted by Crippen LogP contribution is -1.95. The van der Waals surface area contributed by atoms with E-state index in [1.54, 1.807) is 24.5 Å². The molecule has 0 saturated carbocycles. The summed E-state index contributed by atoms with van der Waals surface area (Å²) in [5, 5.41) is 13.5. The molecule has 2 rings (SSSR count). The van der Waals surface area contributed by atoms with Gasteiger partial charge in [0.1, 0.15) is 5.82 Å². The molecule has 0 saturated heterocycles. The molecule has 0 aliphatic heterocycles. The zero-order chi connectivity index (χ0) is 11.4. The first kappa shape index (κ1) is 10.0. The minimum atomic E-state index is -0.462. The summed E-state index contributed by atoms with van der Waals surface area (Å²) in [5.74, 6) is 0.419. The van der Waals surface area contributed by atoms with Crippen molar-refractivity contribution < 1.29 is 4.92 Å². The number of rotatable bonds is 3. The van der Waals surface area contributed by atoms with E-state index in [4.69, 9.17) is 0 Å². The second kappa shape index (κ2) is 4.35. The van der Waals surface area contributed by atoms with E-state index in [2.05, 4.69) is 15.3 Å². The third-order valence-electron chi connectivity index (χ3n) is 1.89. The van der Waals surface area contributed by atoms with E-state index in [0.29, 0.717) is 5.82 Å². The van der Waals surface area contributed by atoms with Crippen LogP contribution in [0.25, 0.3) is 0 Å². The zero-order valence-electron chi connectivity index (χ0n) is 8.20. The summed E-state index contributed by atoms with van der Waals surface area (Å²) in [6.45, 7) is 0. The highest BCUT2D eigenvalue weighted by Gasteiger charge is 2.06. The van der Waals surface area contributed by atoms with E-state index in [1.807, 2.05) is 0 Å². The molecule has 6 nitrogen and oxygen atoms in total. The molecule has 0 fully saturated rings. The Balaban J connectivity index is 2.22. The van der Waals surface area contributed by atoms with E-state index in [0.717, 1.165) is 5.69 Å². The van der Waals surface area contributed by atoms with Crippen LogP contribution in [0.4, 0.5) is 17.2 Å². The quantitative estimate of drug-likeness (QED) is 0.627. The van der Waals surface area contributed by atoms with E-state index in [-0.39, 0.29) is 5.69 Å². The van der Waals surface area contributed by atoms with Gasteiger partial charge in [0.2, 0.25) is 0 Å². The Morgan fingerprint density at radius 1 is 1.31 bits per heavy atom. The van der Waals surface area contributed by atoms with Gasteiger partial charge >= 0.3 is 0 Å². The minimum absolute atomic E-state index is 0.00129. The number of nitrogens with one attached hydrogen (secondary N) is 1. The summed E-state index contributed by atoms with van der Waals surface area (Å²) in [7, 11) is 0. The number of pyridine rings is 2. The number of hydrogen-bond donors (Lipinski definition) is 1. The predicted molar refractivity (Wildman–Crippen MR) is 58.4 cm³/mol. The fraction of sp³-hybridized carbons (Fsp3) is 0. The number of anilines is 2. The van der Waals surface area contributed by atoms with Gasteiger partial charge in [-0.3, -0.25) is 15.1 Å². The first-order valence-corrected chi connectivity index (χ1v) is 4.53. The lowest BCUT2D eigenvalue weighted by atomic mass is 10.3. The molecule has 0 atom stereocenters. The van der Waals surface area contributed by atoms with Gasteiger partial charge in [0.05, 0.1) is 22.9 Å². The molecule has 1 N–H and O–H groups in total. The number of hydrogen-bond acceptors (Lipinski definition) is 5. The molecule has 0 radical (unpaired) electrons. The number of nitrogens with zero attached hydrogens (tertiary/aromatic N) is 3. The summed E-state index contributed by atoms with van der Waals surface area (Å²) >= 11 is 0. The molecular formula is C10H8N4O2. The van der Waals surface area contributed by atoms with Crippen molar-refractivity contribution in [2.45, 2.75) is 0 Å². The maximum atomic E-state index is 10.5. The van der Waals surface area contributed by atoms with Crippen LogP contribution in [0, 0.1) is 10.1 Å². The molecular weight excluding hydrogens is 208 g/mol. The van der Waals surface area contributed by atoms with E-state index >= 15 is 0 Å². The molecule has 2 aromatic rings. The standard InChI is InChI=1S/C10H8N4O2/c15-14(16)9-3-5-12-10(6-9)13-8-2-1-4-11-7-8/h1-7H,(H,12,13). The Bertz CT molecular complexity index is 501. The van der Waals surface area contributed by atoms with Crippen LogP contribution in [0.1, 0.15) is 0 Å². The van der Waals surface area contributed by atoms with Crippen LogP contribution in [0.3, 0.4) is 0 Å². The number of aromatic nitrogens is 2. The smallest absolute Gasteiger partial charge is 0.274 e. The second-order valence-corrected chi connectivity index (χ2v) is 3.02. The third-order valence-corrected chi connectivity index (χ3v) is 1.89. The second-order valence-electron chi connectivity index (χ2n) is 3.02. The van der Waals surface area contributed by atoms with E-state index in [9.17, 15) is 10.1 Å². The van der Waals surface area contributed by atoms with Crippen molar-refractivity contribution in [3.05, 3.63) is 53.0 Å². The molecule has 0 aliphatic carbocycles.